The molecule has 110 valence electrons. The number of hydrogen-bond donors (Lipinski definition) is 3. The maximum absolute atomic E-state index is 10.3. The van der Waals surface area contributed by atoms with Crippen LogP contribution < -0.4 is 5.32 Å². The Labute approximate surface area is 125 Å². The van der Waals surface area contributed by atoms with Crippen LogP contribution in [0.3, 0.4) is 0 Å². The third kappa shape index (κ3) is 2.33. The third-order valence-electron chi connectivity index (χ3n) is 4.45. The normalized spacial score (nSPS) is 20.3. The molecule has 0 saturated heterocycles. The molecule has 2 aromatic rings. The fourth-order valence-corrected chi connectivity index (χ4v) is 3.47. The fraction of sp³-hybridized carbons (Fsp3) is 0.333. The van der Waals surface area contributed by atoms with E-state index in [-0.39, 0.29) is 11.8 Å². The number of phenolic OH excluding ortho intramolecular Hbond substituents is 2. The van der Waals surface area contributed by atoms with Crippen molar-refractivity contribution in [1.82, 2.24) is 0 Å². The lowest BCUT2D eigenvalue weighted by atomic mass is 9.97. The number of anilines is 1. The Hall–Kier alpha value is -2.16. The smallest absolute Gasteiger partial charge is 0.121 e. The molecule has 1 aliphatic rings. The van der Waals surface area contributed by atoms with Crippen molar-refractivity contribution in [3.63, 3.8) is 0 Å². The van der Waals surface area contributed by atoms with Crippen molar-refractivity contribution in [3.05, 3.63) is 52.6 Å². The zero-order chi connectivity index (χ0) is 15.1. The molecule has 3 heteroatoms. The summed E-state index contributed by atoms with van der Waals surface area (Å²) < 4.78 is 0. The van der Waals surface area contributed by atoms with Crippen LogP contribution in [0.2, 0.25) is 0 Å². The molecule has 21 heavy (non-hydrogen) atoms. The molecule has 2 aromatic carbocycles. The monoisotopic (exact) mass is 283 g/mol. The minimum Gasteiger partial charge on any atom is -0.508 e. The van der Waals surface area contributed by atoms with Crippen molar-refractivity contribution in [2.24, 2.45) is 0 Å². The summed E-state index contributed by atoms with van der Waals surface area (Å²) in [6.07, 6.45) is 0.966. The zero-order valence-electron chi connectivity index (χ0n) is 12.6. The van der Waals surface area contributed by atoms with Crippen LogP contribution in [0.5, 0.6) is 11.5 Å². The van der Waals surface area contributed by atoms with Gasteiger partial charge in [0.25, 0.3) is 0 Å². The Kier molecular flexibility index (Phi) is 3.28. The highest BCUT2D eigenvalue weighted by Crippen LogP contribution is 2.47. The first-order valence-electron chi connectivity index (χ1n) is 7.36. The SMILES string of the molecule is Cc1cc(O)ccc1NC1CC(C)c2c(C)ccc(O)c21. The van der Waals surface area contributed by atoms with Crippen molar-refractivity contribution >= 4 is 5.69 Å². The summed E-state index contributed by atoms with van der Waals surface area (Å²) >= 11 is 0. The van der Waals surface area contributed by atoms with Gasteiger partial charge in [-0.1, -0.05) is 13.0 Å². The van der Waals surface area contributed by atoms with Gasteiger partial charge in [0.15, 0.2) is 0 Å². The molecular weight excluding hydrogens is 262 g/mol. The predicted molar refractivity (Wildman–Crippen MR) is 85.1 cm³/mol. The molecule has 0 spiro atoms. The first-order valence-corrected chi connectivity index (χ1v) is 7.36. The first-order chi connectivity index (χ1) is 9.97. The molecule has 0 aromatic heterocycles. The predicted octanol–water partition coefficient (Wildman–Crippen LogP) is 4.38. The standard InChI is InChI=1S/C18H21NO2/c1-10-4-7-16(21)18-15(9-12(3)17(10)18)19-14-6-5-13(20)8-11(14)2/h4-8,12,15,19-21H,9H2,1-3H3. The van der Waals surface area contributed by atoms with Gasteiger partial charge in [0.1, 0.15) is 11.5 Å². The van der Waals surface area contributed by atoms with Gasteiger partial charge in [-0.2, -0.15) is 0 Å². The molecule has 0 aliphatic heterocycles. The lowest BCUT2D eigenvalue weighted by Gasteiger charge is -2.18. The lowest BCUT2D eigenvalue weighted by Crippen LogP contribution is -2.08. The summed E-state index contributed by atoms with van der Waals surface area (Å²) in [7, 11) is 0. The number of benzene rings is 2. The van der Waals surface area contributed by atoms with E-state index < -0.39 is 0 Å². The van der Waals surface area contributed by atoms with Crippen molar-refractivity contribution in [2.75, 3.05) is 5.32 Å². The van der Waals surface area contributed by atoms with E-state index in [1.807, 2.05) is 19.1 Å². The Morgan fingerprint density at radius 2 is 1.76 bits per heavy atom. The molecule has 0 heterocycles. The molecule has 2 unspecified atom stereocenters. The van der Waals surface area contributed by atoms with E-state index in [1.54, 1.807) is 18.2 Å². The number of hydrogen-bond acceptors (Lipinski definition) is 3. The molecule has 0 radical (unpaired) electrons. The van der Waals surface area contributed by atoms with E-state index in [4.69, 9.17) is 0 Å². The molecular formula is C18H21NO2. The average Bonchev–Trinajstić information content (AvgIpc) is 2.75. The number of fused-ring (bicyclic) bond motifs is 1. The summed E-state index contributed by atoms with van der Waals surface area (Å²) in [4.78, 5) is 0. The Balaban J connectivity index is 1.98. The van der Waals surface area contributed by atoms with E-state index in [9.17, 15) is 10.2 Å². The van der Waals surface area contributed by atoms with Crippen molar-refractivity contribution in [3.8, 4) is 11.5 Å². The van der Waals surface area contributed by atoms with Gasteiger partial charge in [-0.3, -0.25) is 0 Å². The van der Waals surface area contributed by atoms with E-state index >= 15 is 0 Å². The molecule has 3 rings (SSSR count). The highest BCUT2D eigenvalue weighted by Gasteiger charge is 2.32. The fourth-order valence-electron chi connectivity index (χ4n) is 3.47. The zero-order valence-corrected chi connectivity index (χ0v) is 12.6. The van der Waals surface area contributed by atoms with Crippen LogP contribution in [0.25, 0.3) is 0 Å². The maximum atomic E-state index is 10.3. The van der Waals surface area contributed by atoms with Crippen molar-refractivity contribution < 1.29 is 10.2 Å². The molecule has 3 N–H and O–H groups in total. The van der Waals surface area contributed by atoms with Gasteiger partial charge in [0, 0.05) is 11.3 Å². The number of nitrogens with one attached hydrogen (secondary N) is 1. The van der Waals surface area contributed by atoms with Crippen LogP contribution in [-0.2, 0) is 0 Å². The van der Waals surface area contributed by atoms with Gasteiger partial charge in [-0.15, -0.1) is 0 Å². The largest absolute Gasteiger partial charge is 0.508 e. The number of phenols is 2. The average molecular weight is 283 g/mol. The summed E-state index contributed by atoms with van der Waals surface area (Å²) in [6.45, 7) is 6.27. The van der Waals surface area contributed by atoms with E-state index in [0.717, 1.165) is 23.2 Å². The summed E-state index contributed by atoms with van der Waals surface area (Å²) in [5.41, 5.74) is 5.53. The van der Waals surface area contributed by atoms with Gasteiger partial charge in [0.2, 0.25) is 0 Å². The van der Waals surface area contributed by atoms with Gasteiger partial charge in [0.05, 0.1) is 6.04 Å². The third-order valence-corrected chi connectivity index (χ3v) is 4.45. The number of aryl methyl sites for hydroxylation is 2. The van der Waals surface area contributed by atoms with E-state index in [1.165, 1.54) is 11.1 Å². The Morgan fingerprint density at radius 1 is 1.00 bits per heavy atom. The second-order valence-electron chi connectivity index (χ2n) is 6.06. The highest BCUT2D eigenvalue weighted by atomic mass is 16.3. The van der Waals surface area contributed by atoms with E-state index in [2.05, 4.69) is 19.2 Å². The minimum absolute atomic E-state index is 0.109. The summed E-state index contributed by atoms with van der Waals surface area (Å²) in [6, 6.07) is 9.20. The highest BCUT2D eigenvalue weighted by molar-refractivity contribution is 5.59. The molecule has 0 amide bonds. The summed E-state index contributed by atoms with van der Waals surface area (Å²) in [5.74, 6) is 1.08. The van der Waals surface area contributed by atoms with Gasteiger partial charge in [-0.25, -0.2) is 0 Å². The minimum atomic E-state index is 0.109. The maximum Gasteiger partial charge on any atom is 0.121 e. The lowest BCUT2D eigenvalue weighted by molar-refractivity contribution is 0.465. The topological polar surface area (TPSA) is 52.5 Å². The van der Waals surface area contributed by atoms with Crippen LogP contribution in [0.1, 0.15) is 47.6 Å². The molecule has 0 fully saturated rings. The molecule has 0 bridgehead atoms. The number of aromatic hydroxyl groups is 2. The van der Waals surface area contributed by atoms with Crippen LogP contribution in [0.4, 0.5) is 5.69 Å². The quantitative estimate of drug-likeness (QED) is 0.717. The Morgan fingerprint density at radius 3 is 2.48 bits per heavy atom. The Bertz CT molecular complexity index is 694. The molecule has 0 saturated carbocycles. The molecule has 2 atom stereocenters. The molecule has 1 aliphatic carbocycles. The summed E-state index contributed by atoms with van der Waals surface area (Å²) in [5, 5.41) is 23.3. The second kappa shape index (κ2) is 4.99. The number of rotatable bonds is 2. The van der Waals surface area contributed by atoms with Gasteiger partial charge in [-0.05, 0) is 67.1 Å². The molecule has 3 nitrogen and oxygen atoms in total. The van der Waals surface area contributed by atoms with Gasteiger partial charge < -0.3 is 15.5 Å². The van der Waals surface area contributed by atoms with E-state index in [0.29, 0.717) is 11.7 Å². The van der Waals surface area contributed by atoms with Crippen LogP contribution in [-0.4, -0.2) is 10.2 Å². The van der Waals surface area contributed by atoms with Crippen molar-refractivity contribution in [2.45, 2.75) is 39.2 Å². The van der Waals surface area contributed by atoms with Crippen LogP contribution in [0.15, 0.2) is 30.3 Å². The van der Waals surface area contributed by atoms with Crippen molar-refractivity contribution in [1.29, 1.82) is 0 Å². The second-order valence-corrected chi connectivity index (χ2v) is 6.06. The van der Waals surface area contributed by atoms with Gasteiger partial charge >= 0.3 is 0 Å². The van der Waals surface area contributed by atoms with Crippen LogP contribution in [0, 0.1) is 13.8 Å². The first kappa shape index (κ1) is 13.8. The van der Waals surface area contributed by atoms with Crippen LogP contribution >= 0.6 is 0 Å².